The Hall–Kier alpha value is -1.89. The molecule has 0 radical (unpaired) electrons. The Morgan fingerprint density at radius 3 is 2.72 bits per heavy atom. The van der Waals surface area contributed by atoms with Crippen molar-refractivity contribution in [3.8, 4) is 0 Å². The predicted octanol–water partition coefficient (Wildman–Crippen LogP) is 5.43. The molecule has 25 heavy (non-hydrogen) atoms. The van der Waals surface area contributed by atoms with Crippen molar-refractivity contribution >= 4 is 16.6 Å². The lowest BCUT2D eigenvalue weighted by atomic mass is 9.63. The molecule has 0 heterocycles. The minimum Gasteiger partial charge on any atom is -0.299 e. The molecule has 1 heteroatoms. The Balaban J connectivity index is 1.54. The molecule has 2 aromatic rings. The number of unbranched alkanes of at least 4 members (excludes halogenated alkanes) is 1. The second-order valence-corrected chi connectivity index (χ2v) is 8.53. The summed E-state index contributed by atoms with van der Waals surface area (Å²) in [4.78, 5) is 13.0. The molecule has 3 aliphatic carbocycles. The molecule has 3 atom stereocenters. The van der Waals surface area contributed by atoms with Gasteiger partial charge in [-0.2, -0.15) is 0 Å². The van der Waals surface area contributed by atoms with E-state index >= 15 is 0 Å². The van der Waals surface area contributed by atoms with Crippen LogP contribution in [0.3, 0.4) is 0 Å². The summed E-state index contributed by atoms with van der Waals surface area (Å²) in [7, 11) is 0. The summed E-state index contributed by atoms with van der Waals surface area (Å²) in [6, 6.07) is 11.5. The number of fused-ring (bicyclic) bond motifs is 5. The molecule has 1 nitrogen and oxygen atoms in total. The number of Topliss-reactive ketones (excluding diaryl/α,β-unsaturated/α-hetero) is 1. The number of aryl methyl sites for hydroxylation is 1. The third kappa shape index (κ3) is 2.32. The first-order valence-corrected chi connectivity index (χ1v) is 9.94. The summed E-state index contributed by atoms with van der Waals surface area (Å²) in [5.74, 6) is 1.64. The summed E-state index contributed by atoms with van der Waals surface area (Å²) >= 11 is 0. The van der Waals surface area contributed by atoms with E-state index in [1.165, 1.54) is 53.1 Å². The zero-order valence-electron chi connectivity index (χ0n) is 15.1. The number of carbonyl (C=O) groups excluding carboxylic acids is 1. The maximum Gasteiger partial charge on any atom is 0.144 e. The van der Waals surface area contributed by atoms with Gasteiger partial charge in [-0.1, -0.05) is 55.8 Å². The molecule has 1 fully saturated rings. The predicted molar refractivity (Wildman–Crippen MR) is 103 cm³/mol. The number of benzene rings is 2. The molecule has 0 N–H and O–H groups in total. The lowest BCUT2D eigenvalue weighted by Gasteiger charge is -2.38. The second kappa shape index (κ2) is 5.56. The number of ketones is 1. The number of allylic oxidation sites excluding steroid dienone is 2. The van der Waals surface area contributed by atoms with Crippen LogP contribution in [0.5, 0.6) is 0 Å². The van der Waals surface area contributed by atoms with Crippen LogP contribution in [0, 0.1) is 17.3 Å². The number of rotatable bonds is 3. The van der Waals surface area contributed by atoms with E-state index in [2.05, 4.69) is 49.4 Å². The van der Waals surface area contributed by atoms with E-state index in [1.54, 1.807) is 0 Å². The number of hydrogen-bond donors (Lipinski definition) is 0. The van der Waals surface area contributed by atoms with Crippen molar-refractivity contribution in [3.05, 3.63) is 59.2 Å². The molecule has 0 aliphatic heterocycles. The molecule has 3 aliphatic rings. The molecule has 0 saturated heterocycles. The quantitative estimate of drug-likeness (QED) is 0.686. The Morgan fingerprint density at radius 1 is 1.08 bits per heavy atom. The molecular formula is C24H26O. The maximum absolute atomic E-state index is 13.0. The molecule has 5 rings (SSSR count). The van der Waals surface area contributed by atoms with Gasteiger partial charge in [0.1, 0.15) is 5.78 Å². The van der Waals surface area contributed by atoms with Crippen molar-refractivity contribution in [1.29, 1.82) is 0 Å². The van der Waals surface area contributed by atoms with E-state index in [-0.39, 0.29) is 5.41 Å². The first-order valence-electron chi connectivity index (χ1n) is 9.94. The average molecular weight is 330 g/mol. The lowest BCUT2D eigenvalue weighted by Crippen LogP contribution is -2.41. The zero-order chi connectivity index (χ0) is 17.0. The molecular weight excluding hydrogens is 304 g/mol. The van der Waals surface area contributed by atoms with Crippen LogP contribution >= 0.6 is 0 Å². The first kappa shape index (κ1) is 15.4. The molecule has 2 bridgehead atoms. The van der Waals surface area contributed by atoms with E-state index in [4.69, 9.17) is 0 Å². The molecule has 2 aromatic carbocycles. The van der Waals surface area contributed by atoms with Gasteiger partial charge in [-0.25, -0.2) is 0 Å². The van der Waals surface area contributed by atoms with Crippen molar-refractivity contribution < 1.29 is 4.79 Å². The monoisotopic (exact) mass is 330 g/mol. The summed E-state index contributed by atoms with van der Waals surface area (Å²) in [6.45, 7) is 2.25. The first-order chi connectivity index (χ1) is 12.2. The largest absolute Gasteiger partial charge is 0.299 e. The van der Waals surface area contributed by atoms with Gasteiger partial charge in [-0.3, -0.25) is 4.79 Å². The fourth-order valence-electron chi connectivity index (χ4n) is 5.57. The summed E-state index contributed by atoms with van der Waals surface area (Å²) in [5.41, 5.74) is 4.07. The van der Waals surface area contributed by atoms with Crippen molar-refractivity contribution in [2.45, 2.75) is 51.9 Å². The van der Waals surface area contributed by atoms with Crippen LogP contribution in [-0.4, -0.2) is 5.78 Å². The second-order valence-electron chi connectivity index (χ2n) is 8.53. The molecule has 1 saturated carbocycles. The van der Waals surface area contributed by atoms with Gasteiger partial charge in [0.2, 0.25) is 0 Å². The maximum atomic E-state index is 13.0. The van der Waals surface area contributed by atoms with Gasteiger partial charge in [-0.15, -0.1) is 0 Å². The SMILES string of the molecule is CCCCc1ccc2cc3c(cc2c1)CC1(CC2C=CC1C2)C(=O)C3. The highest BCUT2D eigenvalue weighted by Gasteiger charge is 2.54. The Morgan fingerprint density at radius 2 is 1.96 bits per heavy atom. The topological polar surface area (TPSA) is 17.1 Å². The van der Waals surface area contributed by atoms with Crippen LogP contribution < -0.4 is 0 Å². The van der Waals surface area contributed by atoms with Crippen LogP contribution in [0.4, 0.5) is 0 Å². The van der Waals surface area contributed by atoms with Crippen molar-refractivity contribution in [1.82, 2.24) is 0 Å². The number of carbonyl (C=O) groups is 1. The van der Waals surface area contributed by atoms with Gasteiger partial charge in [0.15, 0.2) is 0 Å². The highest BCUT2D eigenvalue weighted by molar-refractivity contribution is 5.93. The normalized spacial score (nSPS) is 29.7. The standard InChI is InChI=1S/C24H26O/c1-2-3-4-16-5-7-18-11-20-13-23(25)24(14-17-6-8-22(24)10-17)15-21(20)12-19(18)9-16/h5-9,11-12,17,22H,2-4,10,13-15H2,1H3. The van der Waals surface area contributed by atoms with Gasteiger partial charge < -0.3 is 0 Å². The molecule has 128 valence electrons. The van der Waals surface area contributed by atoms with Crippen LogP contribution in [0.25, 0.3) is 10.8 Å². The lowest BCUT2D eigenvalue weighted by molar-refractivity contribution is -0.130. The van der Waals surface area contributed by atoms with Crippen molar-refractivity contribution in [2.24, 2.45) is 17.3 Å². The molecule has 3 unspecified atom stereocenters. The summed E-state index contributed by atoms with van der Waals surface area (Å²) in [6.07, 6.45) is 12.2. The third-order valence-electron chi connectivity index (χ3n) is 6.96. The smallest absolute Gasteiger partial charge is 0.144 e. The highest BCUT2D eigenvalue weighted by atomic mass is 16.1. The van der Waals surface area contributed by atoms with Crippen molar-refractivity contribution in [2.75, 3.05) is 0 Å². The average Bonchev–Trinajstić information content (AvgIpc) is 3.21. The van der Waals surface area contributed by atoms with Crippen LogP contribution in [-0.2, 0) is 24.1 Å². The van der Waals surface area contributed by atoms with Gasteiger partial charge >= 0.3 is 0 Å². The fraction of sp³-hybridized carbons (Fsp3) is 0.458. The molecule has 1 spiro atoms. The Labute approximate surface area is 150 Å². The summed E-state index contributed by atoms with van der Waals surface area (Å²) < 4.78 is 0. The van der Waals surface area contributed by atoms with E-state index in [0.29, 0.717) is 24.0 Å². The summed E-state index contributed by atoms with van der Waals surface area (Å²) in [5, 5.41) is 2.64. The highest BCUT2D eigenvalue weighted by Crippen LogP contribution is 2.56. The Bertz CT molecular complexity index is 890. The third-order valence-corrected chi connectivity index (χ3v) is 6.96. The van der Waals surface area contributed by atoms with E-state index < -0.39 is 0 Å². The fourth-order valence-corrected chi connectivity index (χ4v) is 5.57. The minimum atomic E-state index is -0.0834. The van der Waals surface area contributed by atoms with E-state index in [1.807, 2.05) is 0 Å². The van der Waals surface area contributed by atoms with Gasteiger partial charge in [0, 0.05) is 11.8 Å². The Kier molecular flexibility index (Phi) is 3.42. The van der Waals surface area contributed by atoms with E-state index in [0.717, 1.165) is 12.8 Å². The van der Waals surface area contributed by atoms with Gasteiger partial charge in [-0.05, 0) is 71.4 Å². The zero-order valence-corrected chi connectivity index (χ0v) is 15.1. The van der Waals surface area contributed by atoms with E-state index in [9.17, 15) is 4.79 Å². The van der Waals surface area contributed by atoms with Crippen LogP contribution in [0.2, 0.25) is 0 Å². The van der Waals surface area contributed by atoms with Crippen LogP contribution in [0.1, 0.15) is 49.3 Å². The van der Waals surface area contributed by atoms with Gasteiger partial charge in [0.25, 0.3) is 0 Å². The molecule has 0 amide bonds. The molecule has 0 aromatic heterocycles. The minimum absolute atomic E-state index is 0.0834. The van der Waals surface area contributed by atoms with Gasteiger partial charge in [0.05, 0.1) is 0 Å². The van der Waals surface area contributed by atoms with Crippen LogP contribution in [0.15, 0.2) is 42.5 Å². The number of hydrogen-bond acceptors (Lipinski definition) is 1. The van der Waals surface area contributed by atoms with Crippen molar-refractivity contribution in [3.63, 3.8) is 0 Å².